The van der Waals surface area contributed by atoms with E-state index in [4.69, 9.17) is 0 Å². The van der Waals surface area contributed by atoms with Crippen LogP contribution in [0.15, 0.2) is 6.07 Å². The van der Waals surface area contributed by atoms with E-state index in [0.717, 1.165) is 18.5 Å². The monoisotopic (exact) mass is 279 g/mol. The summed E-state index contributed by atoms with van der Waals surface area (Å²) in [6.45, 7) is 4.37. The molecule has 1 aromatic rings. The van der Waals surface area contributed by atoms with Crippen LogP contribution < -0.4 is 0 Å². The topological polar surface area (TPSA) is 75.4 Å². The Morgan fingerprint density at radius 1 is 1.50 bits per heavy atom. The van der Waals surface area contributed by atoms with Gasteiger partial charge in [0.25, 0.3) is 5.91 Å². The summed E-state index contributed by atoms with van der Waals surface area (Å²) in [7, 11) is 1.70. The molecule has 0 aliphatic carbocycles. The van der Waals surface area contributed by atoms with E-state index in [2.05, 4.69) is 12.0 Å². The van der Waals surface area contributed by atoms with Gasteiger partial charge in [-0.2, -0.15) is 5.10 Å². The van der Waals surface area contributed by atoms with Gasteiger partial charge in [-0.1, -0.05) is 13.3 Å². The van der Waals surface area contributed by atoms with Crippen molar-refractivity contribution in [3.8, 4) is 0 Å². The lowest BCUT2D eigenvalue weighted by Gasteiger charge is -2.36. The fourth-order valence-corrected chi connectivity index (χ4v) is 2.84. The van der Waals surface area contributed by atoms with Crippen LogP contribution in [0.3, 0.4) is 0 Å². The van der Waals surface area contributed by atoms with E-state index in [0.29, 0.717) is 24.6 Å². The first-order valence-electron chi connectivity index (χ1n) is 6.98. The number of aryl methyl sites for hydroxylation is 2. The third-order valence-corrected chi connectivity index (χ3v) is 4.06. The molecular formula is C14H21N3O3. The van der Waals surface area contributed by atoms with Crippen LogP contribution in [0.25, 0.3) is 0 Å². The number of nitrogens with zero attached hydrogens (tertiary/aromatic N) is 3. The zero-order valence-corrected chi connectivity index (χ0v) is 12.2. The minimum atomic E-state index is -0.921. The maximum atomic E-state index is 12.5. The number of carboxylic acids is 1. The van der Waals surface area contributed by atoms with Crippen LogP contribution in [0, 0.1) is 12.8 Å². The highest BCUT2D eigenvalue weighted by molar-refractivity contribution is 5.95. The van der Waals surface area contributed by atoms with E-state index in [1.807, 2.05) is 6.92 Å². The Bertz CT molecular complexity index is 524. The Kier molecular flexibility index (Phi) is 4.11. The SMILES string of the molecule is CCC1CCN(C(=O)c2cc(C)nn2C)C(C(=O)O)C1. The number of carbonyl (C=O) groups is 2. The predicted molar refractivity (Wildman–Crippen MR) is 73.4 cm³/mol. The molecule has 6 heteroatoms. The van der Waals surface area contributed by atoms with Crippen molar-refractivity contribution in [2.24, 2.45) is 13.0 Å². The number of hydrogen-bond donors (Lipinski definition) is 1. The van der Waals surface area contributed by atoms with Crippen molar-refractivity contribution in [1.82, 2.24) is 14.7 Å². The molecule has 1 amide bonds. The van der Waals surface area contributed by atoms with Gasteiger partial charge in [-0.25, -0.2) is 4.79 Å². The van der Waals surface area contributed by atoms with Gasteiger partial charge in [-0.15, -0.1) is 0 Å². The number of amides is 1. The van der Waals surface area contributed by atoms with Crippen molar-refractivity contribution >= 4 is 11.9 Å². The number of aliphatic carboxylic acids is 1. The molecule has 0 aromatic carbocycles. The second kappa shape index (κ2) is 5.64. The lowest BCUT2D eigenvalue weighted by Crippen LogP contribution is -2.50. The highest BCUT2D eigenvalue weighted by Crippen LogP contribution is 2.27. The molecule has 0 radical (unpaired) electrons. The largest absolute Gasteiger partial charge is 0.480 e. The first-order valence-corrected chi connectivity index (χ1v) is 6.98. The average Bonchev–Trinajstić information content (AvgIpc) is 2.76. The smallest absolute Gasteiger partial charge is 0.326 e. The Labute approximate surface area is 118 Å². The summed E-state index contributed by atoms with van der Waals surface area (Å²) in [6, 6.07) is 0.976. The first kappa shape index (κ1) is 14.6. The van der Waals surface area contributed by atoms with E-state index in [1.54, 1.807) is 13.1 Å². The van der Waals surface area contributed by atoms with Gasteiger partial charge in [0.15, 0.2) is 0 Å². The van der Waals surface area contributed by atoms with Crippen LogP contribution >= 0.6 is 0 Å². The van der Waals surface area contributed by atoms with Crippen molar-refractivity contribution in [3.63, 3.8) is 0 Å². The lowest BCUT2D eigenvalue weighted by molar-refractivity contribution is -0.144. The Morgan fingerprint density at radius 2 is 2.20 bits per heavy atom. The average molecular weight is 279 g/mol. The van der Waals surface area contributed by atoms with Gasteiger partial charge in [0, 0.05) is 13.6 Å². The van der Waals surface area contributed by atoms with Crippen molar-refractivity contribution in [2.75, 3.05) is 6.54 Å². The molecule has 0 spiro atoms. The summed E-state index contributed by atoms with van der Waals surface area (Å²) in [5.41, 5.74) is 1.20. The summed E-state index contributed by atoms with van der Waals surface area (Å²) < 4.78 is 1.52. The van der Waals surface area contributed by atoms with Gasteiger partial charge in [0.2, 0.25) is 0 Å². The quantitative estimate of drug-likeness (QED) is 0.908. The maximum Gasteiger partial charge on any atom is 0.326 e. The highest BCUT2D eigenvalue weighted by atomic mass is 16.4. The molecule has 6 nitrogen and oxygen atoms in total. The fraction of sp³-hybridized carbons (Fsp3) is 0.643. The lowest BCUT2D eigenvalue weighted by atomic mass is 9.88. The second-order valence-electron chi connectivity index (χ2n) is 5.45. The van der Waals surface area contributed by atoms with E-state index in [-0.39, 0.29) is 5.91 Å². The van der Waals surface area contributed by atoms with Crippen LogP contribution in [0.2, 0.25) is 0 Å². The standard InChI is InChI=1S/C14H21N3O3/c1-4-10-5-6-17(12(8-10)14(19)20)13(18)11-7-9(2)15-16(11)3/h7,10,12H,4-6,8H2,1-3H3,(H,19,20). The van der Waals surface area contributed by atoms with Crippen LogP contribution in [-0.2, 0) is 11.8 Å². The fourth-order valence-electron chi connectivity index (χ4n) is 2.84. The summed E-state index contributed by atoms with van der Waals surface area (Å²) in [5, 5.41) is 13.5. The summed E-state index contributed by atoms with van der Waals surface area (Å²) in [6.07, 6.45) is 2.36. The van der Waals surface area contributed by atoms with E-state index < -0.39 is 12.0 Å². The molecule has 1 N–H and O–H groups in total. The highest BCUT2D eigenvalue weighted by Gasteiger charge is 2.36. The minimum Gasteiger partial charge on any atom is -0.480 e. The van der Waals surface area contributed by atoms with Gasteiger partial charge in [-0.05, 0) is 31.7 Å². The molecule has 2 rings (SSSR count). The normalized spacial score (nSPS) is 22.9. The number of rotatable bonds is 3. The third kappa shape index (κ3) is 2.69. The minimum absolute atomic E-state index is 0.241. The molecule has 1 aliphatic heterocycles. The molecule has 2 atom stereocenters. The van der Waals surface area contributed by atoms with Crippen molar-refractivity contribution in [1.29, 1.82) is 0 Å². The van der Waals surface area contributed by atoms with Gasteiger partial charge >= 0.3 is 5.97 Å². The summed E-state index contributed by atoms with van der Waals surface area (Å²) in [5.74, 6) is -0.779. The van der Waals surface area contributed by atoms with Gasteiger partial charge in [-0.3, -0.25) is 9.48 Å². The van der Waals surface area contributed by atoms with Crippen LogP contribution in [0.4, 0.5) is 0 Å². The van der Waals surface area contributed by atoms with Crippen LogP contribution in [0.5, 0.6) is 0 Å². The second-order valence-corrected chi connectivity index (χ2v) is 5.45. The van der Waals surface area contributed by atoms with Gasteiger partial charge < -0.3 is 10.0 Å². The number of aromatic nitrogens is 2. The van der Waals surface area contributed by atoms with E-state index >= 15 is 0 Å². The van der Waals surface area contributed by atoms with E-state index in [1.165, 1.54) is 9.58 Å². The Hall–Kier alpha value is -1.85. The molecule has 1 saturated heterocycles. The zero-order valence-electron chi connectivity index (χ0n) is 12.2. The van der Waals surface area contributed by atoms with Crippen LogP contribution in [0.1, 0.15) is 42.4 Å². The summed E-state index contributed by atoms with van der Waals surface area (Å²) >= 11 is 0. The molecule has 0 saturated carbocycles. The first-order chi connectivity index (χ1) is 9.43. The van der Waals surface area contributed by atoms with E-state index in [9.17, 15) is 14.7 Å². The van der Waals surface area contributed by atoms with Gasteiger partial charge in [0.1, 0.15) is 11.7 Å². The molecule has 110 valence electrons. The zero-order chi connectivity index (χ0) is 14.9. The Balaban J connectivity index is 2.23. The number of carbonyl (C=O) groups excluding carboxylic acids is 1. The molecular weight excluding hydrogens is 258 g/mol. The molecule has 1 aromatic heterocycles. The third-order valence-electron chi connectivity index (χ3n) is 4.06. The molecule has 2 heterocycles. The van der Waals surface area contributed by atoms with Gasteiger partial charge in [0.05, 0.1) is 5.69 Å². The number of carboxylic acid groups (broad SMARTS) is 1. The Morgan fingerprint density at radius 3 is 2.70 bits per heavy atom. The van der Waals surface area contributed by atoms with Crippen molar-refractivity contribution in [3.05, 3.63) is 17.5 Å². The van der Waals surface area contributed by atoms with Crippen LogP contribution in [-0.4, -0.2) is 44.3 Å². The molecule has 1 fully saturated rings. The number of hydrogen-bond acceptors (Lipinski definition) is 3. The molecule has 20 heavy (non-hydrogen) atoms. The predicted octanol–water partition coefficient (Wildman–Crippen LogP) is 1.44. The van der Waals surface area contributed by atoms with Crippen molar-refractivity contribution < 1.29 is 14.7 Å². The maximum absolute atomic E-state index is 12.5. The van der Waals surface area contributed by atoms with Crippen molar-refractivity contribution in [2.45, 2.75) is 39.2 Å². The number of piperidine rings is 1. The summed E-state index contributed by atoms with van der Waals surface area (Å²) in [4.78, 5) is 25.5. The molecule has 2 unspecified atom stereocenters. The molecule has 0 bridgehead atoms. The molecule has 1 aliphatic rings. The number of likely N-dealkylation sites (tertiary alicyclic amines) is 1.